The van der Waals surface area contributed by atoms with E-state index in [2.05, 4.69) is 31.0 Å². The molecule has 0 saturated carbocycles. The van der Waals surface area contributed by atoms with Crippen LogP contribution in [0.2, 0.25) is 0 Å². The number of carbonyl (C=O) groups excluding carboxylic acids is 1. The molecule has 0 atom stereocenters. The van der Waals surface area contributed by atoms with Crippen LogP contribution in [0.5, 0.6) is 0 Å². The third-order valence-corrected chi connectivity index (χ3v) is 4.82. The Hall–Kier alpha value is -3.07. The number of amides is 2. The Kier molecular flexibility index (Phi) is 6.71. The highest BCUT2D eigenvalue weighted by Crippen LogP contribution is 2.18. The Balaban J connectivity index is 1.52. The fourth-order valence-electron chi connectivity index (χ4n) is 2.85. The number of urea groups is 1. The summed E-state index contributed by atoms with van der Waals surface area (Å²) < 4.78 is 1.80. The Morgan fingerprint density at radius 1 is 1.10 bits per heavy atom. The van der Waals surface area contributed by atoms with Crippen molar-refractivity contribution in [3.05, 3.63) is 53.6 Å². The van der Waals surface area contributed by atoms with Crippen LogP contribution >= 0.6 is 11.8 Å². The van der Waals surface area contributed by atoms with Crippen molar-refractivity contribution in [2.75, 3.05) is 30.0 Å². The summed E-state index contributed by atoms with van der Waals surface area (Å²) in [7, 11) is 0. The molecular formula is C20H25N7OS. The van der Waals surface area contributed by atoms with Crippen LogP contribution in [0.25, 0.3) is 5.82 Å². The van der Waals surface area contributed by atoms with Crippen LogP contribution in [0.3, 0.4) is 0 Å². The van der Waals surface area contributed by atoms with E-state index in [-0.39, 0.29) is 6.03 Å². The molecule has 1 aromatic carbocycles. The second-order valence-electron chi connectivity index (χ2n) is 6.54. The van der Waals surface area contributed by atoms with Crippen molar-refractivity contribution in [1.82, 2.24) is 25.1 Å². The molecule has 0 radical (unpaired) electrons. The van der Waals surface area contributed by atoms with Crippen LogP contribution in [0.1, 0.15) is 17.2 Å². The minimum Gasteiger partial charge on any atom is -0.368 e. The van der Waals surface area contributed by atoms with Gasteiger partial charge in [0.15, 0.2) is 5.82 Å². The summed E-state index contributed by atoms with van der Waals surface area (Å²) in [5.74, 6) is 2.05. The van der Waals surface area contributed by atoms with E-state index in [9.17, 15) is 4.79 Å². The number of aryl methyl sites for hydroxylation is 3. The molecule has 0 aliphatic heterocycles. The molecule has 3 rings (SSSR count). The Bertz CT molecular complexity index is 1000. The van der Waals surface area contributed by atoms with Crippen molar-refractivity contribution in [3.8, 4) is 5.82 Å². The van der Waals surface area contributed by atoms with Gasteiger partial charge in [0, 0.05) is 35.4 Å². The molecule has 2 heterocycles. The second kappa shape index (κ2) is 9.42. The zero-order valence-electron chi connectivity index (χ0n) is 17.0. The number of nitrogens with zero attached hydrogens (tertiary/aromatic N) is 4. The van der Waals surface area contributed by atoms with Crippen molar-refractivity contribution >= 4 is 29.3 Å². The Labute approximate surface area is 174 Å². The normalized spacial score (nSPS) is 10.6. The molecule has 8 nitrogen and oxygen atoms in total. The summed E-state index contributed by atoms with van der Waals surface area (Å²) >= 11 is 1.63. The van der Waals surface area contributed by atoms with Crippen LogP contribution in [-0.2, 0) is 0 Å². The molecule has 29 heavy (non-hydrogen) atoms. The predicted octanol–water partition coefficient (Wildman–Crippen LogP) is 3.54. The maximum Gasteiger partial charge on any atom is 0.319 e. The highest BCUT2D eigenvalue weighted by Gasteiger charge is 2.08. The number of aromatic nitrogens is 4. The zero-order valence-corrected chi connectivity index (χ0v) is 17.8. The number of anilines is 2. The molecule has 0 unspecified atom stereocenters. The molecule has 0 spiro atoms. The van der Waals surface area contributed by atoms with Gasteiger partial charge in [-0.1, -0.05) is 6.07 Å². The highest BCUT2D eigenvalue weighted by atomic mass is 32.2. The lowest BCUT2D eigenvalue weighted by Gasteiger charge is -2.11. The number of hydrogen-bond acceptors (Lipinski definition) is 6. The zero-order chi connectivity index (χ0) is 20.8. The van der Waals surface area contributed by atoms with E-state index in [0.717, 1.165) is 22.0 Å². The van der Waals surface area contributed by atoms with Crippen molar-refractivity contribution in [3.63, 3.8) is 0 Å². The summed E-state index contributed by atoms with van der Waals surface area (Å²) in [4.78, 5) is 22.0. The molecule has 0 saturated heterocycles. The average Bonchev–Trinajstić information content (AvgIpc) is 3.03. The molecule has 3 aromatic rings. The number of hydrogen-bond donors (Lipinski definition) is 3. The number of carbonyl (C=O) groups is 1. The van der Waals surface area contributed by atoms with Crippen LogP contribution in [-0.4, -0.2) is 45.1 Å². The minimum absolute atomic E-state index is 0.243. The fraction of sp³-hybridized carbons (Fsp3) is 0.300. The predicted molar refractivity (Wildman–Crippen MR) is 117 cm³/mol. The molecule has 0 aliphatic carbocycles. The molecule has 0 fully saturated rings. The van der Waals surface area contributed by atoms with Gasteiger partial charge in [-0.3, -0.25) is 0 Å². The summed E-state index contributed by atoms with van der Waals surface area (Å²) in [6.07, 6.45) is 2.00. The number of benzene rings is 1. The van der Waals surface area contributed by atoms with Gasteiger partial charge in [-0.25, -0.2) is 19.4 Å². The van der Waals surface area contributed by atoms with E-state index in [1.807, 2.05) is 63.4 Å². The molecular weight excluding hydrogens is 386 g/mol. The lowest BCUT2D eigenvalue weighted by molar-refractivity contribution is 0.252. The van der Waals surface area contributed by atoms with E-state index >= 15 is 0 Å². The molecule has 3 N–H and O–H groups in total. The number of rotatable bonds is 7. The van der Waals surface area contributed by atoms with Gasteiger partial charge in [-0.05, 0) is 51.3 Å². The first-order chi connectivity index (χ1) is 13.9. The lowest BCUT2D eigenvalue weighted by atomic mass is 10.3. The third-order valence-electron chi connectivity index (χ3n) is 4.10. The molecule has 2 amide bonds. The van der Waals surface area contributed by atoms with Crippen molar-refractivity contribution in [1.29, 1.82) is 0 Å². The standard InChI is InChI=1S/C20H25N7OS/c1-13-10-14(2)27(26-13)19-12-18(23-15(3)24-19)21-8-9-22-20(28)25-16-6-5-7-17(11-16)29-4/h5-7,10-12H,8-9H2,1-4H3,(H,21,23,24)(H2,22,25,28). The summed E-state index contributed by atoms with van der Waals surface area (Å²) in [6, 6.07) is 11.3. The highest BCUT2D eigenvalue weighted by molar-refractivity contribution is 7.98. The average molecular weight is 412 g/mol. The first-order valence-corrected chi connectivity index (χ1v) is 10.5. The van der Waals surface area contributed by atoms with Crippen LogP contribution in [0.15, 0.2) is 41.3 Å². The van der Waals surface area contributed by atoms with E-state index in [4.69, 9.17) is 0 Å². The van der Waals surface area contributed by atoms with Crippen LogP contribution < -0.4 is 16.0 Å². The van der Waals surface area contributed by atoms with Gasteiger partial charge < -0.3 is 16.0 Å². The SMILES string of the molecule is CSc1cccc(NC(=O)NCCNc2cc(-n3nc(C)cc3C)nc(C)n2)c1. The van der Waals surface area contributed by atoms with Crippen molar-refractivity contribution < 1.29 is 4.79 Å². The van der Waals surface area contributed by atoms with Gasteiger partial charge in [-0.2, -0.15) is 5.10 Å². The number of thioether (sulfide) groups is 1. The van der Waals surface area contributed by atoms with E-state index < -0.39 is 0 Å². The molecule has 9 heteroatoms. The monoisotopic (exact) mass is 411 g/mol. The van der Waals surface area contributed by atoms with Crippen molar-refractivity contribution in [2.24, 2.45) is 0 Å². The van der Waals surface area contributed by atoms with Crippen LogP contribution in [0.4, 0.5) is 16.3 Å². The summed E-state index contributed by atoms with van der Waals surface area (Å²) in [6.45, 7) is 6.76. The first kappa shape index (κ1) is 20.7. The fourth-order valence-corrected chi connectivity index (χ4v) is 3.31. The van der Waals surface area contributed by atoms with E-state index in [0.29, 0.717) is 30.5 Å². The molecule has 152 valence electrons. The van der Waals surface area contributed by atoms with Gasteiger partial charge in [0.25, 0.3) is 0 Å². The number of nitrogens with one attached hydrogen (secondary N) is 3. The van der Waals surface area contributed by atoms with E-state index in [1.54, 1.807) is 16.4 Å². The lowest BCUT2D eigenvalue weighted by Crippen LogP contribution is -2.32. The maximum atomic E-state index is 12.1. The van der Waals surface area contributed by atoms with Gasteiger partial charge in [-0.15, -0.1) is 11.8 Å². The second-order valence-corrected chi connectivity index (χ2v) is 7.42. The van der Waals surface area contributed by atoms with Gasteiger partial charge in [0.1, 0.15) is 11.6 Å². The minimum atomic E-state index is -0.243. The molecule has 2 aromatic heterocycles. The first-order valence-electron chi connectivity index (χ1n) is 9.26. The molecule has 0 bridgehead atoms. The largest absolute Gasteiger partial charge is 0.368 e. The van der Waals surface area contributed by atoms with Crippen LogP contribution in [0, 0.1) is 20.8 Å². The topological polar surface area (TPSA) is 96.8 Å². The van der Waals surface area contributed by atoms with E-state index in [1.165, 1.54) is 0 Å². The quantitative estimate of drug-likeness (QED) is 0.406. The Morgan fingerprint density at radius 2 is 1.93 bits per heavy atom. The smallest absolute Gasteiger partial charge is 0.319 e. The Morgan fingerprint density at radius 3 is 2.66 bits per heavy atom. The van der Waals surface area contributed by atoms with Gasteiger partial charge in [0.2, 0.25) is 0 Å². The maximum absolute atomic E-state index is 12.1. The van der Waals surface area contributed by atoms with Gasteiger partial charge >= 0.3 is 6.03 Å². The third kappa shape index (κ3) is 5.71. The molecule has 0 aliphatic rings. The van der Waals surface area contributed by atoms with Gasteiger partial charge in [0.05, 0.1) is 5.69 Å². The summed E-state index contributed by atoms with van der Waals surface area (Å²) in [5, 5.41) is 13.4. The summed E-state index contributed by atoms with van der Waals surface area (Å²) in [5.41, 5.74) is 2.71. The van der Waals surface area contributed by atoms with Crippen molar-refractivity contribution in [2.45, 2.75) is 25.7 Å².